The number of alkyl carbamates (subject to hydrolysis) is 1. The van der Waals surface area contributed by atoms with Crippen molar-refractivity contribution in [2.45, 2.75) is 89.1 Å². The van der Waals surface area contributed by atoms with Gasteiger partial charge in [-0.15, -0.1) is 6.58 Å². The van der Waals surface area contributed by atoms with Crippen LogP contribution in [0.25, 0.3) is 10.9 Å². The van der Waals surface area contributed by atoms with E-state index in [2.05, 4.69) is 38.1 Å². The van der Waals surface area contributed by atoms with Crippen molar-refractivity contribution in [3.63, 3.8) is 0 Å². The fourth-order valence-electron chi connectivity index (χ4n) is 6.74. The van der Waals surface area contributed by atoms with Crippen LogP contribution in [0.15, 0.2) is 35.3 Å². The van der Waals surface area contributed by atoms with Gasteiger partial charge in [0, 0.05) is 23.8 Å². The van der Waals surface area contributed by atoms with E-state index in [-0.39, 0.29) is 48.4 Å². The summed E-state index contributed by atoms with van der Waals surface area (Å²) < 4.78 is 22.8. The Morgan fingerprint density at radius 1 is 1.12 bits per heavy atom. The number of ether oxygens (including phenoxy) is 4. The minimum Gasteiger partial charge on any atom is -0.495 e. The summed E-state index contributed by atoms with van der Waals surface area (Å²) in [5.74, 6) is -2.85. The van der Waals surface area contributed by atoms with Crippen molar-refractivity contribution < 1.29 is 48.0 Å². The Morgan fingerprint density at radius 3 is 2.40 bits per heavy atom. The molecule has 50 heavy (non-hydrogen) atoms. The standard InChI is InChI=1S/C35H43BrN4O10/c1-7-18-16-35(18,32(45)48-6)39-29(41)23-14-20(49-25-15-22(31(43)44)37-27-21(25)12-13-24(47-5)26(27)36)17-40(23)30(42)28(34(2,3)4)38-33(46)50-19-10-8-9-11-19/h7,12-13,15,18-20,23,28H,1,8-11,14,16-17H2,2-6H3,(H,38,46)(H,39,41)(H,43,44)/t18-,20-,23+,28-,35-/m1/s1. The minimum absolute atomic E-state index is 0.0134. The lowest BCUT2D eigenvalue weighted by atomic mass is 9.85. The highest BCUT2D eigenvalue weighted by Crippen LogP contribution is 2.46. The molecule has 3 N–H and O–H groups in total. The number of pyridine rings is 1. The average Bonchev–Trinajstić information content (AvgIpc) is 3.34. The first-order valence-corrected chi connectivity index (χ1v) is 17.3. The van der Waals surface area contributed by atoms with Crippen molar-refractivity contribution >= 4 is 56.7 Å². The highest BCUT2D eigenvalue weighted by Gasteiger charge is 2.62. The van der Waals surface area contributed by atoms with Gasteiger partial charge in [-0.3, -0.25) is 9.59 Å². The van der Waals surface area contributed by atoms with Crippen LogP contribution >= 0.6 is 15.9 Å². The van der Waals surface area contributed by atoms with E-state index in [4.69, 9.17) is 18.9 Å². The normalized spacial score (nSPS) is 23.9. The molecule has 2 aliphatic carbocycles. The number of halogens is 1. The van der Waals surface area contributed by atoms with E-state index in [1.54, 1.807) is 39.0 Å². The smallest absolute Gasteiger partial charge is 0.408 e. The number of hydrogen-bond acceptors (Lipinski definition) is 10. The number of aromatic nitrogens is 1. The average molecular weight is 760 g/mol. The molecule has 3 amide bonds. The monoisotopic (exact) mass is 758 g/mol. The lowest BCUT2D eigenvalue weighted by Gasteiger charge is -2.35. The molecule has 270 valence electrons. The van der Waals surface area contributed by atoms with E-state index < -0.39 is 59.0 Å². The van der Waals surface area contributed by atoms with E-state index in [9.17, 15) is 29.1 Å². The number of esters is 1. The summed E-state index contributed by atoms with van der Waals surface area (Å²) in [5.41, 5.74) is -2.13. The number of likely N-dealkylation sites (tertiary alicyclic amines) is 1. The predicted molar refractivity (Wildman–Crippen MR) is 184 cm³/mol. The highest BCUT2D eigenvalue weighted by molar-refractivity contribution is 9.10. The lowest BCUT2D eigenvalue weighted by molar-refractivity contribution is -0.148. The number of methoxy groups -OCH3 is 2. The maximum atomic E-state index is 14.4. The predicted octanol–water partition coefficient (Wildman–Crippen LogP) is 4.37. The largest absolute Gasteiger partial charge is 0.495 e. The molecule has 5 atom stereocenters. The number of carboxylic acid groups (broad SMARTS) is 1. The number of carbonyl (C=O) groups is 5. The molecule has 0 spiro atoms. The molecule has 1 aromatic carbocycles. The van der Waals surface area contributed by atoms with Crippen LogP contribution in [-0.4, -0.2) is 95.4 Å². The molecule has 3 fully saturated rings. The second kappa shape index (κ2) is 14.4. The molecule has 2 aromatic rings. The first kappa shape index (κ1) is 36.9. The van der Waals surface area contributed by atoms with Crippen LogP contribution in [0.1, 0.15) is 69.8 Å². The van der Waals surface area contributed by atoms with E-state index >= 15 is 0 Å². The first-order chi connectivity index (χ1) is 23.6. The van der Waals surface area contributed by atoms with E-state index in [0.717, 1.165) is 25.7 Å². The minimum atomic E-state index is -1.32. The number of nitrogens with zero attached hydrogens (tertiary/aromatic N) is 2. The first-order valence-electron chi connectivity index (χ1n) is 16.5. The van der Waals surface area contributed by atoms with Crippen LogP contribution in [0.5, 0.6) is 11.5 Å². The van der Waals surface area contributed by atoms with Crippen molar-refractivity contribution in [1.29, 1.82) is 0 Å². The summed E-state index contributed by atoms with van der Waals surface area (Å²) >= 11 is 3.44. The van der Waals surface area contributed by atoms with Crippen molar-refractivity contribution in [2.75, 3.05) is 20.8 Å². The molecule has 0 unspecified atom stereocenters. The van der Waals surface area contributed by atoms with Crippen LogP contribution in [0.3, 0.4) is 0 Å². The molecule has 2 heterocycles. The molecule has 0 radical (unpaired) electrons. The quantitative estimate of drug-likeness (QED) is 0.219. The molecular formula is C35H43BrN4O10. The zero-order valence-corrected chi connectivity index (χ0v) is 30.3. The molecule has 14 nitrogen and oxygen atoms in total. The van der Waals surface area contributed by atoms with Gasteiger partial charge in [-0.05, 0) is 65.6 Å². The molecule has 1 aromatic heterocycles. The Balaban J connectivity index is 1.48. The molecule has 1 saturated heterocycles. The van der Waals surface area contributed by atoms with Gasteiger partial charge in [-0.2, -0.15) is 0 Å². The Bertz CT molecular complexity index is 1700. The summed E-state index contributed by atoms with van der Waals surface area (Å²) in [6.07, 6.45) is 3.49. The summed E-state index contributed by atoms with van der Waals surface area (Å²) in [5, 5.41) is 15.9. The Hall–Kier alpha value is -4.40. The van der Waals surface area contributed by atoms with Crippen LogP contribution in [0.4, 0.5) is 4.79 Å². The van der Waals surface area contributed by atoms with Gasteiger partial charge in [0.15, 0.2) is 5.69 Å². The lowest BCUT2D eigenvalue weighted by Crippen LogP contribution is -2.59. The topological polar surface area (TPSA) is 183 Å². The fraction of sp³-hybridized carbons (Fsp3) is 0.543. The van der Waals surface area contributed by atoms with E-state index in [1.807, 2.05) is 0 Å². The van der Waals surface area contributed by atoms with Gasteiger partial charge < -0.3 is 39.6 Å². The molecule has 1 aliphatic heterocycles. The summed E-state index contributed by atoms with van der Waals surface area (Å²) in [4.78, 5) is 72.0. The number of carbonyl (C=O) groups excluding carboxylic acids is 4. The molecule has 0 bridgehead atoms. The Kier molecular flexibility index (Phi) is 10.7. The highest BCUT2D eigenvalue weighted by atomic mass is 79.9. The van der Waals surface area contributed by atoms with E-state index in [0.29, 0.717) is 15.6 Å². The van der Waals surface area contributed by atoms with Crippen molar-refractivity contribution in [3.8, 4) is 11.5 Å². The van der Waals surface area contributed by atoms with Gasteiger partial charge in [0.05, 0.1) is 30.8 Å². The van der Waals surface area contributed by atoms with E-state index in [1.165, 1.54) is 25.2 Å². The second-order valence-corrected chi connectivity index (χ2v) is 14.8. The Morgan fingerprint density at radius 2 is 1.82 bits per heavy atom. The third-order valence-corrected chi connectivity index (χ3v) is 10.3. The fourth-order valence-corrected chi connectivity index (χ4v) is 7.34. The number of nitrogens with one attached hydrogen (secondary N) is 2. The number of carboxylic acids is 1. The third kappa shape index (κ3) is 7.37. The van der Waals surface area contributed by atoms with Crippen LogP contribution in [0.2, 0.25) is 0 Å². The van der Waals surface area contributed by atoms with Crippen LogP contribution in [-0.2, 0) is 23.9 Å². The van der Waals surface area contributed by atoms with Gasteiger partial charge in [0.1, 0.15) is 41.3 Å². The third-order valence-electron chi connectivity index (χ3n) is 9.57. The van der Waals surface area contributed by atoms with Gasteiger partial charge in [0.2, 0.25) is 11.8 Å². The van der Waals surface area contributed by atoms with Crippen LogP contribution < -0.4 is 20.1 Å². The summed E-state index contributed by atoms with van der Waals surface area (Å²) in [7, 11) is 2.70. The van der Waals surface area contributed by atoms with Crippen molar-refractivity contribution in [3.05, 3.63) is 41.0 Å². The second-order valence-electron chi connectivity index (χ2n) is 14.0. The number of fused-ring (bicyclic) bond motifs is 1. The maximum absolute atomic E-state index is 14.4. The van der Waals surface area contributed by atoms with Gasteiger partial charge in [0.25, 0.3) is 0 Å². The zero-order valence-electron chi connectivity index (χ0n) is 28.7. The molecule has 15 heteroatoms. The molecule has 3 aliphatic rings. The number of amides is 3. The number of aromatic carboxylic acids is 1. The molecular weight excluding hydrogens is 716 g/mol. The van der Waals surface area contributed by atoms with Crippen molar-refractivity contribution in [2.24, 2.45) is 11.3 Å². The number of rotatable bonds is 11. The summed E-state index contributed by atoms with van der Waals surface area (Å²) in [6, 6.07) is 2.41. The Labute approximate surface area is 298 Å². The van der Waals surface area contributed by atoms with Crippen molar-refractivity contribution in [1.82, 2.24) is 20.5 Å². The summed E-state index contributed by atoms with van der Waals surface area (Å²) in [6.45, 7) is 9.04. The van der Waals surface area contributed by atoms with Gasteiger partial charge in [-0.25, -0.2) is 19.4 Å². The molecule has 2 saturated carbocycles. The SMILES string of the molecule is C=C[C@@H]1C[C@]1(NC(=O)[C@@H]1C[C@@H](Oc2cc(C(=O)O)nc3c(Br)c(OC)ccc23)CN1C(=O)[C@@H](NC(=O)OC1CCCC1)C(C)(C)C)C(=O)OC. The molecule has 5 rings (SSSR count). The van der Waals surface area contributed by atoms with Crippen LogP contribution in [0, 0.1) is 11.3 Å². The maximum Gasteiger partial charge on any atom is 0.408 e. The van der Waals surface area contributed by atoms with Gasteiger partial charge in [-0.1, -0.05) is 26.8 Å². The number of hydrogen-bond donors (Lipinski definition) is 3. The number of benzene rings is 1. The van der Waals surface area contributed by atoms with Gasteiger partial charge >= 0.3 is 18.0 Å². The zero-order chi connectivity index (χ0) is 36.5.